The monoisotopic (exact) mass is 749 g/mol. The molecule has 1 N–H and O–H groups in total. The predicted octanol–water partition coefficient (Wildman–Crippen LogP) is 7.25. The maximum absolute atomic E-state index is 15.0. The first-order chi connectivity index (χ1) is 27.0. The van der Waals surface area contributed by atoms with Crippen molar-refractivity contribution in [1.29, 1.82) is 0 Å². The van der Waals surface area contributed by atoms with Crippen molar-refractivity contribution in [2.24, 2.45) is 0 Å². The summed E-state index contributed by atoms with van der Waals surface area (Å²) >= 11 is 0. The Labute approximate surface area is 329 Å². The number of phenolic OH excluding ortho intramolecular Hbond substituents is 1. The summed E-state index contributed by atoms with van der Waals surface area (Å²) in [4.78, 5) is 50.7. The molecule has 1 atom stereocenters. The summed E-state index contributed by atoms with van der Waals surface area (Å²) in [6.07, 6.45) is 4.53. The average molecular weight is 750 g/mol. The number of amides is 3. The Morgan fingerprint density at radius 2 is 1.48 bits per heavy atom. The lowest BCUT2D eigenvalue weighted by molar-refractivity contribution is -0.131. The van der Waals surface area contributed by atoms with Crippen LogP contribution in [0.4, 0.5) is 5.69 Å². The van der Waals surface area contributed by atoms with Gasteiger partial charge in [0, 0.05) is 74.0 Å². The zero-order valence-electron chi connectivity index (χ0n) is 32.9. The van der Waals surface area contributed by atoms with Crippen molar-refractivity contribution >= 4 is 23.4 Å². The summed E-state index contributed by atoms with van der Waals surface area (Å²) < 4.78 is 2.26. The smallest absolute Gasteiger partial charge is 0.259 e. The van der Waals surface area contributed by atoms with Crippen molar-refractivity contribution in [3.63, 3.8) is 0 Å². The van der Waals surface area contributed by atoms with Gasteiger partial charge in [0.2, 0.25) is 5.91 Å². The second kappa shape index (κ2) is 15.5. The van der Waals surface area contributed by atoms with Crippen LogP contribution in [0.5, 0.6) is 5.75 Å². The number of rotatable bonds is 8. The normalized spacial score (nSPS) is 16.3. The molecule has 0 saturated heterocycles. The Bertz CT molecular complexity index is 2290. The molecule has 288 valence electrons. The van der Waals surface area contributed by atoms with Gasteiger partial charge in [-0.05, 0) is 129 Å². The third kappa shape index (κ3) is 7.35. The zero-order chi connectivity index (χ0) is 39.1. The van der Waals surface area contributed by atoms with E-state index in [0.29, 0.717) is 49.3 Å². The van der Waals surface area contributed by atoms with Gasteiger partial charge in [0.25, 0.3) is 11.8 Å². The molecule has 0 saturated carbocycles. The molecule has 5 aromatic rings. The fourth-order valence-corrected chi connectivity index (χ4v) is 8.79. The summed E-state index contributed by atoms with van der Waals surface area (Å²) in [5, 5.41) is 9.87. The molecule has 3 aliphatic heterocycles. The molecule has 3 amide bonds. The topological polar surface area (TPSA) is 89.3 Å². The SMILES string of the molecule is C[C@@H]1Cc2ccccc2CN1C(=O)c1cc2c(cc1-c1cc(C(=O)N(C)c3ccc(O)cc3)c3n1CCCC3)CCN(C(=O)Cc1ccc(CN(C)C)cc1)C2. The van der Waals surface area contributed by atoms with E-state index < -0.39 is 0 Å². The average Bonchev–Trinajstić information content (AvgIpc) is 3.59. The molecule has 0 fully saturated rings. The molecule has 9 nitrogen and oxygen atoms in total. The minimum absolute atomic E-state index is 0.000741. The van der Waals surface area contributed by atoms with Crippen molar-refractivity contribution in [3.8, 4) is 17.0 Å². The second-order valence-electron chi connectivity index (χ2n) is 16.1. The van der Waals surface area contributed by atoms with Gasteiger partial charge in [-0.2, -0.15) is 0 Å². The van der Waals surface area contributed by atoms with Gasteiger partial charge < -0.3 is 29.3 Å². The van der Waals surface area contributed by atoms with Gasteiger partial charge in [-0.15, -0.1) is 0 Å². The zero-order valence-corrected chi connectivity index (χ0v) is 32.9. The summed E-state index contributed by atoms with van der Waals surface area (Å²) in [5.74, 6) is 0.0654. The summed E-state index contributed by atoms with van der Waals surface area (Å²) in [5.41, 5.74) is 11.4. The fourth-order valence-electron chi connectivity index (χ4n) is 8.79. The lowest BCUT2D eigenvalue weighted by atomic mass is 9.89. The Hall–Kier alpha value is -5.67. The highest BCUT2D eigenvalue weighted by Gasteiger charge is 2.33. The molecule has 0 radical (unpaired) electrons. The molecule has 3 aliphatic rings. The van der Waals surface area contributed by atoms with Crippen LogP contribution in [-0.2, 0) is 56.7 Å². The largest absolute Gasteiger partial charge is 0.508 e. The lowest BCUT2D eigenvalue weighted by Gasteiger charge is -2.36. The van der Waals surface area contributed by atoms with E-state index >= 15 is 4.79 Å². The van der Waals surface area contributed by atoms with Crippen LogP contribution >= 0.6 is 0 Å². The number of anilines is 1. The Kier molecular flexibility index (Phi) is 10.3. The van der Waals surface area contributed by atoms with Crippen molar-refractivity contribution in [2.45, 2.75) is 77.7 Å². The van der Waals surface area contributed by atoms with Crippen LogP contribution in [0, 0.1) is 0 Å². The minimum atomic E-state index is -0.124. The Balaban J connectivity index is 1.16. The number of phenols is 1. The molecule has 4 heterocycles. The first-order valence-electron chi connectivity index (χ1n) is 19.9. The van der Waals surface area contributed by atoms with Gasteiger partial charge >= 0.3 is 0 Å². The van der Waals surface area contributed by atoms with Crippen LogP contribution in [-0.4, -0.2) is 75.8 Å². The standard InChI is InChI=1S/C47H51N5O4/c1-31-23-34-9-5-6-10-36(34)30-52(31)47(56)41-26-37-29-50(45(54)24-32-12-14-33(15-13-32)28-48(2)3)22-20-35(37)25-40(41)44-27-42(43-11-7-8-21-51(43)44)46(55)49(4)38-16-18-39(53)19-17-38/h5-6,9-10,12-19,25-27,31,53H,7-8,11,20-24,28-30H2,1-4H3/t31-/m1/s1. The Morgan fingerprint density at radius 3 is 2.23 bits per heavy atom. The molecule has 0 unspecified atom stereocenters. The fraction of sp³-hybridized carbons (Fsp3) is 0.340. The van der Waals surface area contributed by atoms with Crippen molar-refractivity contribution in [3.05, 3.63) is 141 Å². The summed E-state index contributed by atoms with van der Waals surface area (Å²) in [6.45, 7) is 5.30. The van der Waals surface area contributed by atoms with Crippen LogP contribution in [0.15, 0.2) is 91.0 Å². The van der Waals surface area contributed by atoms with Gasteiger partial charge in [0.15, 0.2) is 0 Å². The van der Waals surface area contributed by atoms with Gasteiger partial charge in [0.1, 0.15) is 5.75 Å². The number of benzene rings is 4. The summed E-state index contributed by atoms with van der Waals surface area (Å²) in [7, 11) is 5.85. The Morgan fingerprint density at radius 1 is 0.750 bits per heavy atom. The maximum Gasteiger partial charge on any atom is 0.259 e. The van der Waals surface area contributed by atoms with Gasteiger partial charge in [-0.3, -0.25) is 14.4 Å². The maximum atomic E-state index is 15.0. The van der Waals surface area contributed by atoms with E-state index in [1.165, 1.54) is 11.1 Å². The van der Waals surface area contributed by atoms with Gasteiger partial charge in [0.05, 0.1) is 12.0 Å². The third-order valence-electron chi connectivity index (χ3n) is 11.9. The van der Waals surface area contributed by atoms with E-state index in [0.717, 1.165) is 78.0 Å². The highest BCUT2D eigenvalue weighted by atomic mass is 16.3. The first kappa shape index (κ1) is 37.3. The van der Waals surface area contributed by atoms with E-state index in [-0.39, 0.29) is 29.5 Å². The molecule has 8 rings (SSSR count). The molecule has 4 aromatic carbocycles. The summed E-state index contributed by atoms with van der Waals surface area (Å²) in [6, 6.07) is 29.5. The van der Waals surface area contributed by atoms with Crippen LogP contribution in [0.3, 0.4) is 0 Å². The number of hydrogen-bond acceptors (Lipinski definition) is 5. The van der Waals surface area contributed by atoms with Crippen molar-refractivity contribution in [1.82, 2.24) is 19.3 Å². The minimum Gasteiger partial charge on any atom is -0.508 e. The predicted molar refractivity (Wildman–Crippen MR) is 220 cm³/mol. The van der Waals surface area contributed by atoms with Crippen LogP contribution in [0.1, 0.15) is 79.6 Å². The van der Waals surface area contributed by atoms with Crippen LogP contribution in [0.2, 0.25) is 0 Å². The molecular weight excluding hydrogens is 699 g/mol. The van der Waals surface area contributed by atoms with E-state index in [1.54, 1.807) is 36.2 Å². The molecule has 9 heteroatoms. The number of hydrogen-bond donors (Lipinski definition) is 1. The number of aromatic hydroxyl groups is 1. The molecular formula is C47H51N5O4. The highest BCUT2D eigenvalue weighted by molar-refractivity contribution is 6.08. The van der Waals surface area contributed by atoms with E-state index in [9.17, 15) is 14.7 Å². The molecule has 0 aliphatic carbocycles. The molecule has 1 aromatic heterocycles. The lowest BCUT2D eigenvalue weighted by Crippen LogP contribution is -2.43. The second-order valence-corrected chi connectivity index (χ2v) is 16.1. The van der Waals surface area contributed by atoms with E-state index in [1.807, 2.05) is 42.1 Å². The molecule has 0 bridgehead atoms. The number of nitrogens with zero attached hydrogens (tertiary/aromatic N) is 5. The van der Waals surface area contributed by atoms with Gasteiger partial charge in [-0.25, -0.2) is 0 Å². The third-order valence-corrected chi connectivity index (χ3v) is 11.9. The highest BCUT2D eigenvalue weighted by Crippen LogP contribution is 2.38. The van der Waals surface area contributed by atoms with Crippen LogP contribution < -0.4 is 4.90 Å². The number of aromatic nitrogens is 1. The number of carbonyl (C=O) groups is 3. The molecule has 0 spiro atoms. The number of fused-ring (bicyclic) bond motifs is 3. The first-order valence-corrected chi connectivity index (χ1v) is 19.9. The quantitative estimate of drug-likeness (QED) is 0.181. The van der Waals surface area contributed by atoms with Gasteiger partial charge in [-0.1, -0.05) is 48.5 Å². The number of carbonyl (C=O) groups excluding carboxylic acids is 3. The van der Waals surface area contributed by atoms with Crippen molar-refractivity contribution in [2.75, 3.05) is 32.6 Å². The molecule has 56 heavy (non-hydrogen) atoms. The van der Waals surface area contributed by atoms with Crippen molar-refractivity contribution < 1.29 is 19.5 Å². The van der Waals surface area contributed by atoms with E-state index in [2.05, 4.69) is 64.9 Å². The van der Waals surface area contributed by atoms with Crippen LogP contribution in [0.25, 0.3) is 11.3 Å². The van der Waals surface area contributed by atoms with E-state index in [4.69, 9.17) is 0 Å².